The summed E-state index contributed by atoms with van der Waals surface area (Å²) < 4.78 is 1.35. The van der Waals surface area contributed by atoms with Crippen LogP contribution in [0, 0.1) is 0 Å². The van der Waals surface area contributed by atoms with Crippen molar-refractivity contribution in [1.82, 2.24) is 19.6 Å². The van der Waals surface area contributed by atoms with Gasteiger partial charge in [0.1, 0.15) is 5.56 Å². The number of hydrogen-bond acceptors (Lipinski definition) is 5. The lowest BCUT2D eigenvalue weighted by Gasteiger charge is -2.01. The lowest BCUT2D eigenvalue weighted by atomic mass is 10.2. The Balaban J connectivity index is 1.86. The molecule has 0 atom stereocenters. The van der Waals surface area contributed by atoms with E-state index in [1.165, 1.54) is 21.9 Å². The zero-order valence-corrected chi connectivity index (χ0v) is 12.1. The van der Waals surface area contributed by atoms with Crippen LogP contribution >= 0.6 is 11.3 Å². The highest BCUT2D eigenvalue weighted by molar-refractivity contribution is 7.15. The SMILES string of the molecule is CCCc1cc(NC(=O)c2cnc3sccn3c2=O)n[nH]1. The first-order valence-corrected chi connectivity index (χ1v) is 7.37. The highest BCUT2D eigenvalue weighted by atomic mass is 32.1. The molecule has 0 saturated heterocycles. The number of amides is 1. The van der Waals surface area contributed by atoms with E-state index in [-0.39, 0.29) is 11.1 Å². The first-order chi connectivity index (χ1) is 10.2. The summed E-state index contributed by atoms with van der Waals surface area (Å²) >= 11 is 1.34. The summed E-state index contributed by atoms with van der Waals surface area (Å²) in [4.78, 5) is 29.0. The van der Waals surface area contributed by atoms with Crippen molar-refractivity contribution in [2.24, 2.45) is 0 Å². The maximum absolute atomic E-state index is 12.2. The Morgan fingerprint density at radius 1 is 1.52 bits per heavy atom. The quantitative estimate of drug-likeness (QED) is 0.767. The summed E-state index contributed by atoms with van der Waals surface area (Å²) in [7, 11) is 0. The molecule has 8 heteroatoms. The van der Waals surface area contributed by atoms with Crippen LogP contribution in [0.5, 0.6) is 0 Å². The second kappa shape index (κ2) is 5.49. The Morgan fingerprint density at radius 3 is 3.19 bits per heavy atom. The number of nitrogens with one attached hydrogen (secondary N) is 2. The molecule has 21 heavy (non-hydrogen) atoms. The van der Waals surface area contributed by atoms with Crippen LogP contribution in [0.1, 0.15) is 29.4 Å². The van der Waals surface area contributed by atoms with Gasteiger partial charge >= 0.3 is 0 Å². The third kappa shape index (κ3) is 2.57. The van der Waals surface area contributed by atoms with Gasteiger partial charge in [-0.2, -0.15) is 5.10 Å². The number of rotatable bonds is 4. The Bertz CT molecular complexity index is 847. The Kier molecular flexibility index (Phi) is 3.53. The molecule has 0 radical (unpaired) electrons. The van der Waals surface area contributed by atoms with Gasteiger partial charge < -0.3 is 5.32 Å². The molecular weight excluding hydrogens is 290 g/mol. The van der Waals surface area contributed by atoms with Gasteiger partial charge in [-0.3, -0.25) is 19.1 Å². The molecule has 0 fully saturated rings. The van der Waals surface area contributed by atoms with E-state index in [9.17, 15) is 9.59 Å². The molecule has 0 saturated carbocycles. The smallest absolute Gasteiger partial charge is 0.271 e. The number of fused-ring (bicyclic) bond motifs is 1. The number of nitrogens with zero attached hydrogens (tertiary/aromatic N) is 3. The van der Waals surface area contributed by atoms with Gasteiger partial charge in [-0.15, -0.1) is 11.3 Å². The molecule has 0 unspecified atom stereocenters. The van der Waals surface area contributed by atoms with Crippen molar-refractivity contribution in [3.63, 3.8) is 0 Å². The molecule has 0 spiro atoms. The number of carbonyl (C=O) groups excluding carboxylic acids is 1. The molecule has 0 aliphatic rings. The molecule has 1 amide bonds. The van der Waals surface area contributed by atoms with Gasteiger partial charge in [-0.25, -0.2) is 4.98 Å². The van der Waals surface area contributed by atoms with E-state index in [0.29, 0.717) is 10.8 Å². The van der Waals surface area contributed by atoms with Gasteiger partial charge in [-0.1, -0.05) is 13.3 Å². The highest BCUT2D eigenvalue weighted by Gasteiger charge is 2.15. The van der Waals surface area contributed by atoms with Crippen LogP contribution in [0.4, 0.5) is 5.82 Å². The molecule has 108 valence electrons. The van der Waals surface area contributed by atoms with Crippen LogP contribution in [0.2, 0.25) is 0 Å². The van der Waals surface area contributed by atoms with Crippen LogP contribution in [-0.2, 0) is 6.42 Å². The van der Waals surface area contributed by atoms with Gasteiger partial charge in [0.25, 0.3) is 11.5 Å². The molecule has 3 aromatic rings. The van der Waals surface area contributed by atoms with E-state index in [0.717, 1.165) is 18.5 Å². The van der Waals surface area contributed by atoms with Crippen molar-refractivity contribution >= 4 is 28.0 Å². The Labute approximate surface area is 123 Å². The molecule has 0 aromatic carbocycles. The number of aryl methyl sites for hydroxylation is 1. The van der Waals surface area contributed by atoms with Crippen molar-refractivity contribution in [2.45, 2.75) is 19.8 Å². The number of carbonyl (C=O) groups is 1. The minimum Gasteiger partial charge on any atom is -0.305 e. The predicted octanol–water partition coefficient (Wildman–Crippen LogP) is 1.68. The molecule has 0 aliphatic heterocycles. The maximum Gasteiger partial charge on any atom is 0.271 e. The Hall–Kier alpha value is -2.48. The van der Waals surface area contributed by atoms with Crippen molar-refractivity contribution in [2.75, 3.05) is 5.32 Å². The van der Waals surface area contributed by atoms with Gasteiger partial charge in [-0.05, 0) is 6.42 Å². The molecule has 3 rings (SSSR count). The van der Waals surface area contributed by atoms with Crippen LogP contribution in [0.3, 0.4) is 0 Å². The van der Waals surface area contributed by atoms with Crippen LogP contribution in [0.15, 0.2) is 28.6 Å². The number of anilines is 1. The monoisotopic (exact) mass is 303 g/mol. The van der Waals surface area contributed by atoms with Crippen LogP contribution in [0.25, 0.3) is 4.96 Å². The highest BCUT2D eigenvalue weighted by Crippen LogP contribution is 2.09. The second-order valence-corrected chi connectivity index (χ2v) is 5.39. The van der Waals surface area contributed by atoms with Crippen molar-refractivity contribution < 1.29 is 4.79 Å². The van der Waals surface area contributed by atoms with E-state index in [4.69, 9.17) is 0 Å². The number of aromatic amines is 1. The molecule has 3 aromatic heterocycles. The Morgan fingerprint density at radius 2 is 2.38 bits per heavy atom. The summed E-state index contributed by atoms with van der Waals surface area (Å²) in [5, 5.41) is 11.2. The fraction of sp³-hybridized carbons (Fsp3) is 0.231. The van der Waals surface area contributed by atoms with Crippen molar-refractivity contribution in [3.05, 3.63) is 45.5 Å². The van der Waals surface area contributed by atoms with E-state index < -0.39 is 5.91 Å². The third-order valence-corrected chi connectivity index (χ3v) is 3.75. The van der Waals surface area contributed by atoms with Crippen LogP contribution < -0.4 is 10.9 Å². The molecule has 2 N–H and O–H groups in total. The van der Waals surface area contributed by atoms with E-state index in [1.807, 2.05) is 0 Å². The zero-order valence-electron chi connectivity index (χ0n) is 11.3. The minimum atomic E-state index is -0.511. The van der Waals surface area contributed by atoms with Gasteiger partial charge in [0.15, 0.2) is 10.8 Å². The normalized spacial score (nSPS) is 10.9. The topological polar surface area (TPSA) is 92.2 Å². The van der Waals surface area contributed by atoms with Crippen LogP contribution in [-0.4, -0.2) is 25.5 Å². The largest absolute Gasteiger partial charge is 0.305 e. The van der Waals surface area contributed by atoms with Gasteiger partial charge in [0.05, 0.1) is 0 Å². The minimum absolute atomic E-state index is 0.00839. The molecule has 7 nitrogen and oxygen atoms in total. The maximum atomic E-state index is 12.2. The standard InChI is InChI=1S/C13H13N5O2S/c1-2-3-8-6-10(17-16-8)15-11(19)9-7-14-13-18(12(9)20)4-5-21-13/h4-7H,2-3H2,1H3,(H2,15,16,17,19). The molecule has 0 bridgehead atoms. The average molecular weight is 303 g/mol. The van der Waals surface area contributed by atoms with E-state index in [1.54, 1.807) is 17.6 Å². The first-order valence-electron chi connectivity index (χ1n) is 6.49. The van der Waals surface area contributed by atoms with Crippen molar-refractivity contribution in [1.29, 1.82) is 0 Å². The molecule has 0 aliphatic carbocycles. The number of aromatic nitrogens is 4. The summed E-state index contributed by atoms with van der Waals surface area (Å²) in [6.45, 7) is 2.06. The first kappa shape index (κ1) is 13.5. The number of hydrogen-bond donors (Lipinski definition) is 2. The molecular formula is C13H13N5O2S. The van der Waals surface area contributed by atoms with Gasteiger partial charge in [0, 0.05) is 29.5 Å². The second-order valence-electron chi connectivity index (χ2n) is 4.52. The summed E-state index contributed by atoms with van der Waals surface area (Å²) in [6, 6.07) is 1.76. The van der Waals surface area contributed by atoms with Crippen molar-refractivity contribution in [3.8, 4) is 0 Å². The van der Waals surface area contributed by atoms with E-state index >= 15 is 0 Å². The third-order valence-electron chi connectivity index (χ3n) is 2.98. The number of thiazole rings is 1. The summed E-state index contributed by atoms with van der Waals surface area (Å²) in [5.41, 5.74) is 0.546. The average Bonchev–Trinajstić information content (AvgIpc) is 3.09. The lowest BCUT2D eigenvalue weighted by Crippen LogP contribution is -2.25. The van der Waals surface area contributed by atoms with E-state index in [2.05, 4.69) is 27.4 Å². The zero-order chi connectivity index (χ0) is 14.8. The number of H-pyrrole nitrogens is 1. The predicted molar refractivity (Wildman–Crippen MR) is 79.9 cm³/mol. The summed E-state index contributed by atoms with van der Waals surface area (Å²) in [6.07, 6.45) is 4.73. The fourth-order valence-corrected chi connectivity index (χ4v) is 2.66. The van der Waals surface area contributed by atoms with Gasteiger partial charge in [0.2, 0.25) is 0 Å². The summed E-state index contributed by atoms with van der Waals surface area (Å²) in [5.74, 6) is -0.110. The lowest BCUT2D eigenvalue weighted by molar-refractivity contribution is 0.102. The fourth-order valence-electron chi connectivity index (χ4n) is 1.99. The molecule has 3 heterocycles.